The van der Waals surface area contributed by atoms with Gasteiger partial charge in [-0.15, -0.1) is 0 Å². The van der Waals surface area contributed by atoms with Crippen molar-refractivity contribution < 1.29 is 19.8 Å². The first kappa shape index (κ1) is 9.92. The van der Waals surface area contributed by atoms with Crippen molar-refractivity contribution >= 4 is 11.8 Å². The standard InChI is InChI=1S/C9H12O4/c10-7-3-1-6(2-4-7)5-8(11)9(12)13/h1,3,6-7,10H,2,4-5H2,(H,12,13)/t6?,7-/m1/s1. The van der Waals surface area contributed by atoms with E-state index in [1.807, 2.05) is 0 Å². The molecule has 0 saturated carbocycles. The van der Waals surface area contributed by atoms with Crippen LogP contribution in [0.5, 0.6) is 0 Å². The molecule has 0 bridgehead atoms. The van der Waals surface area contributed by atoms with E-state index in [4.69, 9.17) is 10.2 Å². The maximum atomic E-state index is 10.8. The number of carboxylic acid groups (broad SMARTS) is 1. The van der Waals surface area contributed by atoms with Gasteiger partial charge in [0.1, 0.15) is 0 Å². The molecule has 13 heavy (non-hydrogen) atoms. The third-order valence-electron chi connectivity index (χ3n) is 2.12. The third-order valence-corrected chi connectivity index (χ3v) is 2.12. The quantitative estimate of drug-likeness (QED) is 0.490. The van der Waals surface area contributed by atoms with Gasteiger partial charge in [0.25, 0.3) is 0 Å². The maximum Gasteiger partial charge on any atom is 0.372 e. The Labute approximate surface area is 75.9 Å². The van der Waals surface area contributed by atoms with E-state index in [9.17, 15) is 9.59 Å². The third kappa shape index (κ3) is 2.99. The number of carboxylic acids is 1. The highest BCUT2D eigenvalue weighted by atomic mass is 16.4. The van der Waals surface area contributed by atoms with Crippen LogP contribution >= 0.6 is 0 Å². The number of hydrogen-bond donors (Lipinski definition) is 2. The number of Topliss-reactive ketones (excluding diaryl/α,β-unsaturated/α-hetero) is 1. The van der Waals surface area contributed by atoms with Crippen molar-refractivity contribution in [3.63, 3.8) is 0 Å². The molecule has 0 saturated heterocycles. The summed E-state index contributed by atoms with van der Waals surface area (Å²) >= 11 is 0. The number of carbonyl (C=O) groups is 2. The van der Waals surface area contributed by atoms with Gasteiger partial charge in [-0.3, -0.25) is 4.79 Å². The van der Waals surface area contributed by atoms with Crippen molar-refractivity contribution in [3.8, 4) is 0 Å². The van der Waals surface area contributed by atoms with E-state index < -0.39 is 17.9 Å². The number of ketones is 1. The van der Waals surface area contributed by atoms with Gasteiger partial charge in [-0.25, -0.2) is 4.79 Å². The zero-order valence-corrected chi connectivity index (χ0v) is 7.14. The summed E-state index contributed by atoms with van der Waals surface area (Å²) in [5.74, 6) is -2.16. The van der Waals surface area contributed by atoms with Gasteiger partial charge in [-0.05, 0) is 18.8 Å². The van der Waals surface area contributed by atoms with Crippen LogP contribution < -0.4 is 0 Å². The molecule has 0 aromatic rings. The first-order valence-corrected chi connectivity index (χ1v) is 4.22. The topological polar surface area (TPSA) is 74.6 Å². The molecule has 0 spiro atoms. The van der Waals surface area contributed by atoms with Crippen molar-refractivity contribution in [1.29, 1.82) is 0 Å². The minimum atomic E-state index is -1.38. The first-order valence-electron chi connectivity index (χ1n) is 4.22. The van der Waals surface area contributed by atoms with Gasteiger partial charge < -0.3 is 10.2 Å². The highest BCUT2D eigenvalue weighted by Gasteiger charge is 2.20. The molecule has 1 unspecified atom stereocenters. The van der Waals surface area contributed by atoms with Gasteiger partial charge in [0.2, 0.25) is 5.78 Å². The molecule has 0 heterocycles. The molecule has 1 aliphatic rings. The molecule has 4 nitrogen and oxygen atoms in total. The number of allylic oxidation sites excluding steroid dienone is 1. The van der Waals surface area contributed by atoms with E-state index in [1.165, 1.54) is 0 Å². The fourth-order valence-corrected chi connectivity index (χ4v) is 1.36. The van der Waals surface area contributed by atoms with Crippen LogP contribution in [0, 0.1) is 5.92 Å². The minimum absolute atomic E-state index is 0.0213. The van der Waals surface area contributed by atoms with Gasteiger partial charge in [0.15, 0.2) is 0 Å². The lowest BCUT2D eigenvalue weighted by molar-refractivity contribution is -0.149. The molecule has 0 radical (unpaired) electrons. The van der Waals surface area contributed by atoms with E-state index in [1.54, 1.807) is 12.2 Å². The van der Waals surface area contributed by atoms with E-state index >= 15 is 0 Å². The molecule has 0 aromatic heterocycles. The first-order chi connectivity index (χ1) is 6.09. The number of aliphatic hydroxyl groups excluding tert-OH is 1. The highest BCUT2D eigenvalue weighted by molar-refractivity contribution is 6.32. The summed E-state index contributed by atoms with van der Waals surface area (Å²) in [5, 5.41) is 17.4. The summed E-state index contributed by atoms with van der Waals surface area (Å²) in [4.78, 5) is 21.0. The molecule has 1 aliphatic carbocycles. The van der Waals surface area contributed by atoms with Crippen LogP contribution in [0.1, 0.15) is 19.3 Å². The average Bonchev–Trinajstić information content (AvgIpc) is 2.08. The Bertz CT molecular complexity index is 244. The van der Waals surface area contributed by atoms with Crippen molar-refractivity contribution in [2.75, 3.05) is 0 Å². The van der Waals surface area contributed by atoms with E-state index in [0.717, 1.165) is 0 Å². The highest BCUT2D eigenvalue weighted by Crippen LogP contribution is 2.20. The fraction of sp³-hybridized carbons (Fsp3) is 0.556. The van der Waals surface area contributed by atoms with Crippen LogP contribution in [-0.2, 0) is 9.59 Å². The normalized spacial score (nSPS) is 27.2. The van der Waals surface area contributed by atoms with Crippen molar-refractivity contribution in [1.82, 2.24) is 0 Å². The molecule has 1 rings (SSSR count). The van der Waals surface area contributed by atoms with Gasteiger partial charge >= 0.3 is 5.97 Å². The molecular formula is C9H12O4. The van der Waals surface area contributed by atoms with Gasteiger partial charge in [0, 0.05) is 6.42 Å². The Morgan fingerprint density at radius 3 is 2.46 bits per heavy atom. The zero-order chi connectivity index (χ0) is 9.84. The predicted molar refractivity (Wildman–Crippen MR) is 45.1 cm³/mol. The van der Waals surface area contributed by atoms with Crippen LogP contribution in [0.4, 0.5) is 0 Å². The van der Waals surface area contributed by atoms with Crippen LogP contribution in [0.15, 0.2) is 12.2 Å². The second-order valence-electron chi connectivity index (χ2n) is 3.22. The largest absolute Gasteiger partial charge is 0.476 e. The molecular weight excluding hydrogens is 172 g/mol. The van der Waals surface area contributed by atoms with Gasteiger partial charge in [0.05, 0.1) is 6.10 Å². The number of aliphatic hydroxyl groups is 1. The van der Waals surface area contributed by atoms with Crippen molar-refractivity contribution in [3.05, 3.63) is 12.2 Å². The van der Waals surface area contributed by atoms with Crippen molar-refractivity contribution in [2.45, 2.75) is 25.4 Å². The van der Waals surface area contributed by atoms with Crippen LogP contribution in [0.2, 0.25) is 0 Å². The molecule has 72 valence electrons. The summed E-state index contributed by atoms with van der Waals surface area (Å²) in [6, 6.07) is 0. The Morgan fingerprint density at radius 2 is 2.00 bits per heavy atom. The lowest BCUT2D eigenvalue weighted by Crippen LogP contribution is -2.19. The molecule has 4 heteroatoms. The van der Waals surface area contributed by atoms with Gasteiger partial charge in [-0.1, -0.05) is 12.2 Å². The molecule has 0 aromatic carbocycles. The molecule has 0 amide bonds. The lowest BCUT2D eigenvalue weighted by atomic mass is 9.90. The number of rotatable bonds is 3. The Morgan fingerprint density at radius 1 is 1.31 bits per heavy atom. The van der Waals surface area contributed by atoms with Crippen LogP contribution in [0.3, 0.4) is 0 Å². The summed E-state index contributed by atoms with van der Waals surface area (Å²) in [6.07, 6.45) is 4.22. The lowest BCUT2D eigenvalue weighted by Gasteiger charge is -2.17. The SMILES string of the molecule is O=C(O)C(=O)CC1C=C[C@@H](O)CC1. The molecule has 2 atom stereocenters. The average molecular weight is 184 g/mol. The van der Waals surface area contributed by atoms with E-state index in [2.05, 4.69) is 0 Å². The second kappa shape index (κ2) is 4.18. The van der Waals surface area contributed by atoms with Gasteiger partial charge in [-0.2, -0.15) is 0 Å². The van der Waals surface area contributed by atoms with Crippen LogP contribution in [-0.4, -0.2) is 28.1 Å². The van der Waals surface area contributed by atoms with Crippen molar-refractivity contribution in [2.24, 2.45) is 5.92 Å². The number of hydrogen-bond acceptors (Lipinski definition) is 3. The number of aliphatic carboxylic acids is 1. The fourth-order valence-electron chi connectivity index (χ4n) is 1.36. The predicted octanol–water partition coefficient (Wildman–Crippen LogP) is 0.357. The summed E-state index contributed by atoms with van der Waals surface area (Å²) < 4.78 is 0. The number of carbonyl (C=O) groups excluding carboxylic acids is 1. The second-order valence-corrected chi connectivity index (χ2v) is 3.22. The summed E-state index contributed by atoms with van der Waals surface area (Å²) in [5.41, 5.74) is 0. The Balaban J connectivity index is 2.43. The summed E-state index contributed by atoms with van der Waals surface area (Å²) in [7, 11) is 0. The summed E-state index contributed by atoms with van der Waals surface area (Å²) in [6.45, 7) is 0. The Kier molecular flexibility index (Phi) is 3.19. The van der Waals surface area contributed by atoms with Crippen LogP contribution in [0.25, 0.3) is 0 Å². The molecule has 0 aliphatic heterocycles. The monoisotopic (exact) mass is 184 g/mol. The van der Waals surface area contributed by atoms with E-state index in [-0.39, 0.29) is 12.3 Å². The van der Waals surface area contributed by atoms with E-state index in [0.29, 0.717) is 12.8 Å². The molecule has 2 N–H and O–H groups in total. The molecule has 0 fully saturated rings. The maximum absolute atomic E-state index is 10.8. The Hall–Kier alpha value is -1.16. The minimum Gasteiger partial charge on any atom is -0.476 e. The zero-order valence-electron chi connectivity index (χ0n) is 7.14. The smallest absolute Gasteiger partial charge is 0.372 e.